The maximum absolute atomic E-state index is 12.7. The van der Waals surface area contributed by atoms with Crippen molar-refractivity contribution in [3.8, 4) is 11.3 Å². The van der Waals surface area contributed by atoms with Crippen LogP contribution in [-0.2, 0) is 4.74 Å². The molecular weight excluding hydrogens is 444 g/mol. The first-order chi connectivity index (χ1) is 15.7. The molecule has 5 nitrogen and oxygen atoms in total. The highest BCUT2D eigenvalue weighted by molar-refractivity contribution is 7.99. The van der Waals surface area contributed by atoms with Gasteiger partial charge in [-0.2, -0.15) is 0 Å². The number of aromatic nitrogens is 1. The fourth-order valence-corrected chi connectivity index (χ4v) is 5.18. The number of nitrogens with zero attached hydrogens (tertiary/aromatic N) is 2. The van der Waals surface area contributed by atoms with Gasteiger partial charge in [0.1, 0.15) is 5.69 Å². The van der Waals surface area contributed by atoms with Crippen LogP contribution in [0.2, 0.25) is 5.02 Å². The van der Waals surface area contributed by atoms with Gasteiger partial charge in [-0.05, 0) is 73.8 Å². The summed E-state index contributed by atoms with van der Waals surface area (Å²) in [5.74, 6) is 1.13. The molecule has 1 amide bonds. The molecule has 3 aromatic rings. The molecule has 166 valence electrons. The Morgan fingerprint density at radius 3 is 2.38 bits per heavy atom. The Bertz CT molecular complexity index is 1070. The number of benzene rings is 2. The molecule has 0 atom stereocenters. The highest BCUT2D eigenvalue weighted by atomic mass is 35.5. The van der Waals surface area contributed by atoms with Crippen LogP contribution in [0.1, 0.15) is 47.8 Å². The van der Waals surface area contributed by atoms with Crippen LogP contribution in [0, 0.1) is 0 Å². The molecule has 32 heavy (non-hydrogen) atoms. The summed E-state index contributed by atoms with van der Waals surface area (Å²) in [5.41, 5.74) is 2.48. The van der Waals surface area contributed by atoms with Gasteiger partial charge < -0.3 is 14.1 Å². The highest BCUT2D eigenvalue weighted by Crippen LogP contribution is 2.40. The smallest absolute Gasteiger partial charge is 0.253 e. The Hall–Kier alpha value is -2.28. The minimum absolute atomic E-state index is 0.105. The van der Waals surface area contributed by atoms with Crippen LogP contribution < -0.4 is 0 Å². The first kappa shape index (κ1) is 21.6. The van der Waals surface area contributed by atoms with Gasteiger partial charge in [-0.3, -0.25) is 4.79 Å². The number of oxazole rings is 1. The van der Waals surface area contributed by atoms with Gasteiger partial charge >= 0.3 is 0 Å². The third kappa shape index (κ3) is 4.72. The summed E-state index contributed by atoms with van der Waals surface area (Å²) in [5, 5.41) is 1.46. The zero-order valence-corrected chi connectivity index (χ0v) is 19.3. The molecule has 2 fully saturated rings. The third-order valence-corrected chi connectivity index (χ3v) is 7.23. The minimum Gasteiger partial charge on any atom is -0.433 e. The van der Waals surface area contributed by atoms with Gasteiger partial charge in [0.25, 0.3) is 5.91 Å². The van der Waals surface area contributed by atoms with Crippen LogP contribution in [0.4, 0.5) is 0 Å². The van der Waals surface area contributed by atoms with Crippen molar-refractivity contribution < 1.29 is 13.9 Å². The van der Waals surface area contributed by atoms with Crippen LogP contribution in [0.3, 0.4) is 0 Å². The number of ether oxygens (including phenoxy) is 1. The first-order valence-electron chi connectivity index (χ1n) is 11.1. The molecule has 0 unspecified atom stereocenters. The monoisotopic (exact) mass is 468 g/mol. The summed E-state index contributed by atoms with van der Waals surface area (Å²) in [7, 11) is 0. The van der Waals surface area contributed by atoms with Crippen molar-refractivity contribution in [2.75, 3.05) is 26.3 Å². The largest absolute Gasteiger partial charge is 0.433 e. The van der Waals surface area contributed by atoms with Gasteiger partial charge in [0.05, 0.1) is 0 Å². The van der Waals surface area contributed by atoms with Crippen LogP contribution >= 0.6 is 23.4 Å². The Kier molecular flexibility index (Phi) is 6.53. The molecule has 0 radical (unpaired) electrons. The van der Waals surface area contributed by atoms with Gasteiger partial charge in [-0.1, -0.05) is 23.7 Å². The molecule has 2 saturated heterocycles. The molecule has 0 bridgehead atoms. The van der Waals surface area contributed by atoms with Gasteiger partial charge in [-0.25, -0.2) is 4.98 Å². The Labute approximate surface area is 197 Å². The maximum atomic E-state index is 12.7. The van der Waals surface area contributed by atoms with Crippen LogP contribution in [0.5, 0.6) is 0 Å². The van der Waals surface area contributed by atoms with Gasteiger partial charge in [-0.15, -0.1) is 0 Å². The average Bonchev–Trinajstić information content (AvgIpc) is 3.52. The molecule has 0 spiro atoms. The maximum Gasteiger partial charge on any atom is 0.253 e. The molecule has 0 N–H and O–H groups in total. The number of carbonyl (C=O) groups excluding carboxylic acids is 1. The number of carbonyl (C=O) groups is 1. The van der Waals surface area contributed by atoms with E-state index in [0.717, 1.165) is 84.7 Å². The van der Waals surface area contributed by atoms with Gasteiger partial charge in [0.15, 0.2) is 11.0 Å². The van der Waals surface area contributed by atoms with Crippen LogP contribution in [-0.4, -0.2) is 42.1 Å². The summed E-state index contributed by atoms with van der Waals surface area (Å²) in [6.45, 7) is 3.16. The quantitative estimate of drug-likeness (QED) is 0.441. The molecule has 5 rings (SSSR count). The molecule has 0 saturated carbocycles. The molecular formula is C25H25ClN2O3S. The summed E-state index contributed by atoms with van der Waals surface area (Å²) >= 11 is 7.59. The summed E-state index contributed by atoms with van der Waals surface area (Å²) in [6, 6.07) is 15.4. The number of hydrogen-bond acceptors (Lipinski definition) is 5. The van der Waals surface area contributed by atoms with Crippen molar-refractivity contribution in [2.45, 2.75) is 41.6 Å². The molecule has 2 aliphatic rings. The Morgan fingerprint density at radius 2 is 1.69 bits per heavy atom. The lowest BCUT2D eigenvalue weighted by molar-refractivity contribution is 0.0785. The van der Waals surface area contributed by atoms with E-state index >= 15 is 0 Å². The van der Waals surface area contributed by atoms with Crippen molar-refractivity contribution >= 4 is 29.3 Å². The van der Waals surface area contributed by atoms with Crippen molar-refractivity contribution in [2.24, 2.45) is 0 Å². The molecule has 3 heterocycles. The molecule has 2 aromatic carbocycles. The lowest BCUT2D eigenvalue weighted by Gasteiger charge is -2.18. The van der Waals surface area contributed by atoms with Crippen molar-refractivity contribution in [1.29, 1.82) is 0 Å². The van der Waals surface area contributed by atoms with E-state index < -0.39 is 0 Å². The predicted octanol–water partition coefficient (Wildman–Crippen LogP) is 6.28. The van der Waals surface area contributed by atoms with Crippen molar-refractivity contribution in [3.05, 3.63) is 65.0 Å². The van der Waals surface area contributed by atoms with Crippen LogP contribution in [0.25, 0.3) is 11.3 Å². The third-order valence-electron chi connectivity index (χ3n) is 6.01. The van der Waals surface area contributed by atoms with E-state index in [-0.39, 0.29) is 11.8 Å². The van der Waals surface area contributed by atoms with E-state index in [1.54, 1.807) is 0 Å². The minimum atomic E-state index is 0.105. The second kappa shape index (κ2) is 9.69. The molecule has 7 heteroatoms. The Balaban J connectivity index is 1.44. The average molecular weight is 469 g/mol. The molecule has 0 aliphatic carbocycles. The van der Waals surface area contributed by atoms with E-state index in [1.807, 2.05) is 53.4 Å². The zero-order valence-electron chi connectivity index (χ0n) is 17.8. The summed E-state index contributed by atoms with van der Waals surface area (Å²) < 4.78 is 11.8. The summed E-state index contributed by atoms with van der Waals surface area (Å²) in [6.07, 6.45) is 3.99. The number of hydrogen-bond donors (Lipinski definition) is 0. The van der Waals surface area contributed by atoms with E-state index in [2.05, 4.69) is 0 Å². The SMILES string of the molecule is O=C(c1ccc(-c2nc(C3CCOCC3)oc2Sc2ccc(Cl)cc2)cc1)N1CCCC1. The second-order valence-electron chi connectivity index (χ2n) is 8.21. The van der Waals surface area contributed by atoms with E-state index in [0.29, 0.717) is 5.02 Å². The second-order valence-corrected chi connectivity index (χ2v) is 9.69. The fourth-order valence-electron chi connectivity index (χ4n) is 4.18. The number of rotatable bonds is 5. The van der Waals surface area contributed by atoms with E-state index in [9.17, 15) is 4.79 Å². The van der Waals surface area contributed by atoms with Gasteiger partial charge in [0.2, 0.25) is 0 Å². The lowest BCUT2D eigenvalue weighted by atomic mass is 10.0. The van der Waals surface area contributed by atoms with Crippen LogP contribution in [0.15, 0.2) is 62.9 Å². The fraction of sp³-hybridized carbons (Fsp3) is 0.360. The topological polar surface area (TPSA) is 55.6 Å². The van der Waals surface area contributed by atoms with E-state index in [4.69, 9.17) is 25.7 Å². The van der Waals surface area contributed by atoms with Crippen molar-refractivity contribution in [1.82, 2.24) is 9.88 Å². The normalized spacial score (nSPS) is 17.1. The lowest BCUT2D eigenvalue weighted by Crippen LogP contribution is -2.27. The number of amides is 1. The standard InChI is InChI=1S/C25H25ClN2O3S/c26-20-7-9-21(10-8-20)32-25-22(27-23(31-25)18-11-15-30-16-12-18)17-3-5-19(6-4-17)24(29)28-13-1-2-14-28/h3-10,18H,1-2,11-16H2. The summed E-state index contributed by atoms with van der Waals surface area (Å²) in [4.78, 5) is 20.6. The van der Waals surface area contributed by atoms with Gasteiger partial charge in [0, 0.05) is 53.3 Å². The Morgan fingerprint density at radius 1 is 1.00 bits per heavy atom. The molecule has 1 aromatic heterocycles. The highest BCUT2D eigenvalue weighted by Gasteiger charge is 2.25. The predicted molar refractivity (Wildman–Crippen MR) is 125 cm³/mol. The van der Waals surface area contributed by atoms with Crippen molar-refractivity contribution in [3.63, 3.8) is 0 Å². The zero-order chi connectivity index (χ0) is 21.9. The van der Waals surface area contributed by atoms with E-state index in [1.165, 1.54) is 11.8 Å². The number of halogens is 1. The molecule has 2 aliphatic heterocycles. The first-order valence-corrected chi connectivity index (χ1v) is 12.3. The number of likely N-dealkylation sites (tertiary alicyclic amines) is 1.